The summed E-state index contributed by atoms with van der Waals surface area (Å²) in [6.45, 7) is 5.83. The molecule has 0 spiro atoms. The third-order valence-corrected chi connectivity index (χ3v) is 3.58. The third kappa shape index (κ3) is 4.32. The minimum absolute atomic E-state index is 0.156. The quantitative estimate of drug-likeness (QED) is 0.794. The number of carbonyl (C=O) groups is 2. The molecule has 2 aromatic rings. The van der Waals surface area contributed by atoms with Gasteiger partial charge < -0.3 is 16.4 Å². The number of rotatable bonds is 5. The Morgan fingerprint density at radius 2 is 1.70 bits per heavy atom. The Labute approximate surface area is 135 Å². The minimum Gasteiger partial charge on any atom is -0.374 e. The van der Waals surface area contributed by atoms with Crippen LogP contribution in [0, 0.1) is 13.8 Å². The lowest BCUT2D eigenvalue weighted by Crippen LogP contribution is -2.32. The van der Waals surface area contributed by atoms with Gasteiger partial charge in [-0.15, -0.1) is 0 Å². The lowest BCUT2D eigenvalue weighted by atomic mass is 10.1. The van der Waals surface area contributed by atoms with Gasteiger partial charge in [-0.25, -0.2) is 0 Å². The molecule has 0 fully saturated rings. The number of nitrogens with one attached hydrogen (secondary N) is 2. The normalized spacial score (nSPS) is 11.6. The summed E-state index contributed by atoms with van der Waals surface area (Å²) in [5.74, 6) is -0.649. The van der Waals surface area contributed by atoms with Crippen LogP contribution in [0.3, 0.4) is 0 Å². The Morgan fingerprint density at radius 1 is 1.04 bits per heavy atom. The van der Waals surface area contributed by atoms with Crippen LogP contribution in [0.4, 0.5) is 11.4 Å². The predicted octanol–water partition coefficient (Wildman–Crippen LogP) is 2.84. The fourth-order valence-corrected chi connectivity index (χ4v) is 2.24. The SMILES string of the molecule is Cc1ccc(N[C@@H](C)C(=O)Nc2ccc(C(N)=O)cc2)c(C)c1. The molecule has 2 aromatic carbocycles. The first-order chi connectivity index (χ1) is 10.9. The van der Waals surface area contributed by atoms with E-state index in [4.69, 9.17) is 5.73 Å². The van der Waals surface area contributed by atoms with Crippen molar-refractivity contribution in [1.29, 1.82) is 0 Å². The third-order valence-electron chi connectivity index (χ3n) is 3.58. The van der Waals surface area contributed by atoms with Crippen LogP contribution in [-0.4, -0.2) is 17.9 Å². The minimum atomic E-state index is -0.493. The first-order valence-electron chi connectivity index (χ1n) is 7.41. The maximum absolute atomic E-state index is 12.2. The van der Waals surface area contributed by atoms with Crippen LogP contribution in [0.25, 0.3) is 0 Å². The Balaban J connectivity index is 2.00. The predicted molar refractivity (Wildman–Crippen MR) is 92.6 cm³/mol. The largest absolute Gasteiger partial charge is 0.374 e. The van der Waals surface area contributed by atoms with Crippen LogP contribution < -0.4 is 16.4 Å². The van der Waals surface area contributed by atoms with E-state index in [2.05, 4.69) is 16.7 Å². The summed E-state index contributed by atoms with van der Waals surface area (Å²) in [4.78, 5) is 23.3. The number of hydrogen-bond donors (Lipinski definition) is 3. The molecule has 0 aliphatic heterocycles. The number of primary amides is 1. The molecule has 0 radical (unpaired) electrons. The smallest absolute Gasteiger partial charge is 0.248 e. The van der Waals surface area contributed by atoms with Crippen molar-refractivity contribution in [3.05, 3.63) is 59.2 Å². The number of benzene rings is 2. The molecular formula is C18H21N3O2. The van der Waals surface area contributed by atoms with Crippen molar-refractivity contribution in [3.8, 4) is 0 Å². The van der Waals surface area contributed by atoms with Crippen molar-refractivity contribution in [2.24, 2.45) is 5.73 Å². The lowest BCUT2D eigenvalue weighted by molar-refractivity contribution is -0.116. The van der Waals surface area contributed by atoms with Gasteiger partial charge in [0.2, 0.25) is 11.8 Å². The van der Waals surface area contributed by atoms with E-state index in [9.17, 15) is 9.59 Å². The van der Waals surface area contributed by atoms with E-state index < -0.39 is 11.9 Å². The molecule has 1 atom stereocenters. The van der Waals surface area contributed by atoms with Gasteiger partial charge >= 0.3 is 0 Å². The van der Waals surface area contributed by atoms with E-state index in [1.54, 1.807) is 31.2 Å². The van der Waals surface area contributed by atoms with Gasteiger partial charge in [-0.2, -0.15) is 0 Å². The monoisotopic (exact) mass is 311 g/mol. The molecule has 5 heteroatoms. The molecule has 0 bridgehead atoms. The number of amides is 2. The van der Waals surface area contributed by atoms with E-state index in [1.165, 1.54) is 5.56 Å². The van der Waals surface area contributed by atoms with Crippen LogP contribution >= 0.6 is 0 Å². The second kappa shape index (κ2) is 6.96. The van der Waals surface area contributed by atoms with E-state index in [0.29, 0.717) is 11.3 Å². The van der Waals surface area contributed by atoms with Gasteiger partial charge in [-0.1, -0.05) is 17.7 Å². The summed E-state index contributed by atoms with van der Waals surface area (Å²) in [6, 6.07) is 12.1. The van der Waals surface area contributed by atoms with Gasteiger partial charge in [-0.3, -0.25) is 9.59 Å². The van der Waals surface area contributed by atoms with Crippen molar-refractivity contribution < 1.29 is 9.59 Å². The highest BCUT2D eigenvalue weighted by Gasteiger charge is 2.14. The highest BCUT2D eigenvalue weighted by molar-refractivity contribution is 5.97. The molecule has 5 nitrogen and oxygen atoms in total. The van der Waals surface area contributed by atoms with Crippen molar-refractivity contribution >= 4 is 23.2 Å². The van der Waals surface area contributed by atoms with Crippen LogP contribution in [-0.2, 0) is 4.79 Å². The van der Waals surface area contributed by atoms with E-state index >= 15 is 0 Å². The zero-order chi connectivity index (χ0) is 17.0. The summed E-state index contributed by atoms with van der Waals surface area (Å²) in [7, 11) is 0. The summed E-state index contributed by atoms with van der Waals surface area (Å²) in [6.07, 6.45) is 0. The molecule has 0 saturated heterocycles. The molecule has 4 N–H and O–H groups in total. The Hall–Kier alpha value is -2.82. The molecule has 120 valence electrons. The Morgan fingerprint density at radius 3 is 2.26 bits per heavy atom. The summed E-state index contributed by atoms with van der Waals surface area (Å²) < 4.78 is 0. The molecule has 2 amide bonds. The fourth-order valence-electron chi connectivity index (χ4n) is 2.24. The number of carbonyl (C=O) groups excluding carboxylic acids is 2. The first kappa shape index (κ1) is 16.5. The van der Waals surface area contributed by atoms with Crippen molar-refractivity contribution in [3.63, 3.8) is 0 Å². The topological polar surface area (TPSA) is 84.2 Å². The van der Waals surface area contributed by atoms with E-state index in [0.717, 1.165) is 11.3 Å². The molecule has 2 rings (SSSR count). The van der Waals surface area contributed by atoms with E-state index in [-0.39, 0.29) is 5.91 Å². The molecule has 0 aliphatic carbocycles. The van der Waals surface area contributed by atoms with Gasteiger partial charge in [0.05, 0.1) is 0 Å². The fraction of sp³-hybridized carbons (Fsp3) is 0.222. The van der Waals surface area contributed by atoms with Crippen molar-refractivity contribution in [2.45, 2.75) is 26.8 Å². The maximum atomic E-state index is 12.2. The maximum Gasteiger partial charge on any atom is 0.248 e. The van der Waals surface area contributed by atoms with Gasteiger partial charge in [0, 0.05) is 16.9 Å². The van der Waals surface area contributed by atoms with Crippen LogP contribution in [0.15, 0.2) is 42.5 Å². The molecular weight excluding hydrogens is 290 g/mol. The molecule has 0 aromatic heterocycles. The van der Waals surface area contributed by atoms with Crippen LogP contribution in [0.5, 0.6) is 0 Å². The van der Waals surface area contributed by atoms with Crippen molar-refractivity contribution in [1.82, 2.24) is 0 Å². The first-order valence-corrected chi connectivity index (χ1v) is 7.41. The zero-order valence-electron chi connectivity index (χ0n) is 13.5. The molecule has 0 unspecified atom stereocenters. The average molecular weight is 311 g/mol. The standard InChI is InChI=1S/C18H21N3O2/c1-11-4-9-16(12(2)10-11)20-13(3)18(23)21-15-7-5-14(6-8-15)17(19)22/h4-10,13,20H,1-3H3,(H2,19,22)(H,21,23)/t13-/m0/s1. The van der Waals surface area contributed by atoms with Gasteiger partial charge in [-0.05, 0) is 56.7 Å². The lowest BCUT2D eigenvalue weighted by Gasteiger charge is -2.17. The number of nitrogens with two attached hydrogens (primary N) is 1. The summed E-state index contributed by atoms with van der Waals surface area (Å²) in [5.41, 5.74) is 9.42. The molecule has 23 heavy (non-hydrogen) atoms. The van der Waals surface area contributed by atoms with E-state index in [1.807, 2.05) is 26.0 Å². The highest BCUT2D eigenvalue weighted by atomic mass is 16.2. The molecule has 0 aliphatic rings. The zero-order valence-corrected chi connectivity index (χ0v) is 13.5. The molecule has 0 heterocycles. The van der Waals surface area contributed by atoms with Gasteiger partial charge in [0.1, 0.15) is 6.04 Å². The van der Waals surface area contributed by atoms with Gasteiger partial charge in [0.15, 0.2) is 0 Å². The second-order valence-electron chi connectivity index (χ2n) is 5.62. The van der Waals surface area contributed by atoms with Crippen molar-refractivity contribution in [2.75, 3.05) is 10.6 Å². The number of aryl methyl sites for hydroxylation is 2. The Bertz CT molecular complexity index is 724. The number of hydrogen-bond acceptors (Lipinski definition) is 3. The molecule has 0 saturated carbocycles. The van der Waals surface area contributed by atoms with Crippen LogP contribution in [0.2, 0.25) is 0 Å². The van der Waals surface area contributed by atoms with Gasteiger partial charge in [0.25, 0.3) is 0 Å². The van der Waals surface area contributed by atoms with Crippen LogP contribution in [0.1, 0.15) is 28.4 Å². The summed E-state index contributed by atoms with van der Waals surface area (Å²) >= 11 is 0. The highest BCUT2D eigenvalue weighted by Crippen LogP contribution is 2.17. The number of anilines is 2. The average Bonchev–Trinajstić information content (AvgIpc) is 2.50. The summed E-state index contributed by atoms with van der Waals surface area (Å²) in [5, 5.41) is 6.01. The second-order valence-corrected chi connectivity index (χ2v) is 5.62. The Kier molecular flexibility index (Phi) is 5.01.